The maximum Gasteiger partial charge on any atom is 0.303 e. The number of hydrogen-bond donors (Lipinski definition) is 2. The van der Waals surface area contributed by atoms with Crippen molar-refractivity contribution in [2.24, 2.45) is 5.92 Å². The maximum absolute atomic E-state index is 10.6. The zero-order valence-electron chi connectivity index (χ0n) is 11.8. The van der Waals surface area contributed by atoms with E-state index in [4.69, 9.17) is 5.11 Å². The molecule has 1 aliphatic rings. The largest absolute Gasteiger partial charge is 0.481 e. The highest BCUT2D eigenvalue weighted by Crippen LogP contribution is 2.32. The van der Waals surface area contributed by atoms with Gasteiger partial charge in [0, 0.05) is 25.4 Å². The minimum Gasteiger partial charge on any atom is -0.481 e. The van der Waals surface area contributed by atoms with Gasteiger partial charge in [-0.05, 0) is 24.1 Å². The summed E-state index contributed by atoms with van der Waals surface area (Å²) in [5.41, 5.74) is 1.96. The molecule has 0 unspecified atom stereocenters. The molecular weight excluding hydrogens is 288 g/mol. The van der Waals surface area contributed by atoms with Gasteiger partial charge in [0.25, 0.3) is 0 Å². The average molecular weight is 306 g/mol. The van der Waals surface area contributed by atoms with Gasteiger partial charge in [-0.2, -0.15) is 0 Å². The van der Waals surface area contributed by atoms with Gasteiger partial charge in [0.2, 0.25) is 0 Å². The number of aliphatic carboxylic acids is 1. The van der Waals surface area contributed by atoms with Gasteiger partial charge in [0.15, 0.2) is 5.13 Å². The minimum absolute atomic E-state index is 0.146. The predicted octanol–water partition coefficient (Wildman–Crippen LogP) is 2.13. The van der Waals surface area contributed by atoms with E-state index in [-0.39, 0.29) is 18.4 Å². The van der Waals surface area contributed by atoms with Gasteiger partial charge >= 0.3 is 5.97 Å². The molecule has 1 aromatic carbocycles. The van der Waals surface area contributed by atoms with Crippen LogP contribution in [0.1, 0.15) is 18.9 Å². The third kappa shape index (κ3) is 3.01. The molecule has 0 bridgehead atoms. The highest BCUT2D eigenvalue weighted by atomic mass is 32.1. The van der Waals surface area contributed by atoms with Crippen molar-refractivity contribution in [3.8, 4) is 0 Å². The monoisotopic (exact) mass is 306 g/mol. The predicted molar refractivity (Wildman–Crippen MR) is 83.0 cm³/mol. The number of aryl methyl sites for hydroxylation is 1. The number of carboxylic acids is 1. The standard InChI is InChI=1S/C15H18N2O3S/c1-9-7-17(8-12(9)18)15-16-11-4-2-10(3-5-14(19)20)6-13(11)21-15/h2,4,6,9,12,18H,3,5,7-8H2,1H3,(H,19,20)/t9-,12-/m1/s1. The van der Waals surface area contributed by atoms with Crippen LogP contribution < -0.4 is 4.90 Å². The zero-order valence-corrected chi connectivity index (χ0v) is 12.6. The summed E-state index contributed by atoms with van der Waals surface area (Å²) in [6.45, 7) is 3.50. The van der Waals surface area contributed by atoms with Crippen LogP contribution in [-0.2, 0) is 11.2 Å². The molecule has 0 spiro atoms. The summed E-state index contributed by atoms with van der Waals surface area (Å²) in [6, 6.07) is 5.91. The van der Waals surface area contributed by atoms with Gasteiger partial charge in [-0.15, -0.1) is 0 Å². The van der Waals surface area contributed by atoms with Crippen molar-refractivity contribution in [2.75, 3.05) is 18.0 Å². The highest BCUT2D eigenvalue weighted by Gasteiger charge is 2.29. The first-order chi connectivity index (χ1) is 10.0. The van der Waals surface area contributed by atoms with Gasteiger partial charge in [0.05, 0.1) is 16.3 Å². The molecule has 0 radical (unpaired) electrons. The van der Waals surface area contributed by atoms with Crippen LogP contribution in [0.4, 0.5) is 5.13 Å². The lowest BCUT2D eigenvalue weighted by molar-refractivity contribution is -0.136. The molecule has 1 aromatic heterocycles. The summed E-state index contributed by atoms with van der Waals surface area (Å²) in [5, 5.41) is 19.5. The van der Waals surface area contributed by atoms with Crippen LogP contribution in [0.15, 0.2) is 18.2 Å². The molecule has 21 heavy (non-hydrogen) atoms. The van der Waals surface area contributed by atoms with E-state index >= 15 is 0 Å². The molecule has 3 rings (SSSR count). The summed E-state index contributed by atoms with van der Waals surface area (Å²) in [4.78, 5) is 17.4. The van der Waals surface area contributed by atoms with Gasteiger partial charge in [-0.1, -0.05) is 24.3 Å². The zero-order chi connectivity index (χ0) is 15.0. The number of hydrogen-bond acceptors (Lipinski definition) is 5. The number of carbonyl (C=O) groups is 1. The fraction of sp³-hybridized carbons (Fsp3) is 0.467. The molecule has 0 saturated carbocycles. The number of fused-ring (bicyclic) bond motifs is 1. The summed E-state index contributed by atoms with van der Waals surface area (Å²) in [5.74, 6) is -0.511. The number of β-amino-alcohol motifs (C(OH)–C–C–N with tert-alkyl or cyclic N) is 1. The summed E-state index contributed by atoms with van der Waals surface area (Å²) in [7, 11) is 0. The summed E-state index contributed by atoms with van der Waals surface area (Å²) in [6.07, 6.45) is 0.397. The van der Waals surface area contributed by atoms with Gasteiger partial charge in [-0.3, -0.25) is 4.79 Å². The lowest BCUT2D eigenvalue weighted by Crippen LogP contribution is -2.20. The maximum atomic E-state index is 10.6. The molecule has 112 valence electrons. The van der Waals surface area contributed by atoms with E-state index in [1.807, 2.05) is 25.1 Å². The van der Waals surface area contributed by atoms with Crippen molar-refractivity contribution in [2.45, 2.75) is 25.9 Å². The summed E-state index contributed by atoms with van der Waals surface area (Å²) < 4.78 is 1.07. The Hall–Kier alpha value is -1.66. The van der Waals surface area contributed by atoms with Gasteiger partial charge in [-0.25, -0.2) is 4.98 Å². The molecule has 0 amide bonds. The molecule has 2 heterocycles. The Morgan fingerprint density at radius 2 is 2.29 bits per heavy atom. The van der Waals surface area contributed by atoms with E-state index in [1.54, 1.807) is 11.3 Å². The second-order valence-corrected chi connectivity index (χ2v) is 6.65. The van der Waals surface area contributed by atoms with E-state index in [0.29, 0.717) is 13.0 Å². The van der Waals surface area contributed by atoms with Crippen LogP contribution in [0, 0.1) is 5.92 Å². The second kappa shape index (κ2) is 5.61. The van der Waals surface area contributed by atoms with E-state index in [9.17, 15) is 9.90 Å². The van der Waals surface area contributed by atoms with Crippen molar-refractivity contribution in [3.05, 3.63) is 23.8 Å². The fourth-order valence-corrected chi connectivity index (χ4v) is 3.65. The lowest BCUT2D eigenvalue weighted by atomic mass is 10.1. The molecule has 6 heteroatoms. The molecule has 5 nitrogen and oxygen atoms in total. The quantitative estimate of drug-likeness (QED) is 0.905. The van der Waals surface area contributed by atoms with Crippen molar-refractivity contribution >= 4 is 32.7 Å². The Morgan fingerprint density at radius 1 is 1.48 bits per heavy atom. The van der Waals surface area contributed by atoms with Crippen molar-refractivity contribution < 1.29 is 15.0 Å². The third-order valence-corrected chi connectivity index (χ3v) is 4.99. The van der Waals surface area contributed by atoms with Crippen LogP contribution in [0.3, 0.4) is 0 Å². The molecule has 1 saturated heterocycles. The topological polar surface area (TPSA) is 73.7 Å². The number of nitrogens with zero attached hydrogens (tertiary/aromatic N) is 2. The highest BCUT2D eigenvalue weighted by molar-refractivity contribution is 7.22. The lowest BCUT2D eigenvalue weighted by Gasteiger charge is -2.12. The first-order valence-electron chi connectivity index (χ1n) is 7.07. The number of rotatable bonds is 4. The van der Waals surface area contributed by atoms with Crippen molar-refractivity contribution in [1.82, 2.24) is 4.98 Å². The van der Waals surface area contributed by atoms with Crippen LogP contribution in [0.5, 0.6) is 0 Å². The average Bonchev–Trinajstić information content (AvgIpc) is 3.00. The smallest absolute Gasteiger partial charge is 0.303 e. The Kier molecular flexibility index (Phi) is 3.82. The molecular formula is C15H18N2O3S. The molecule has 0 aliphatic carbocycles. The summed E-state index contributed by atoms with van der Waals surface area (Å²) >= 11 is 1.60. The van der Waals surface area contributed by atoms with Crippen LogP contribution in [0.25, 0.3) is 10.2 Å². The number of aliphatic hydroxyl groups is 1. The Morgan fingerprint density at radius 3 is 2.95 bits per heavy atom. The third-order valence-electron chi connectivity index (χ3n) is 3.91. The van der Waals surface area contributed by atoms with E-state index in [1.165, 1.54) is 0 Å². The second-order valence-electron chi connectivity index (χ2n) is 5.64. The molecule has 2 N–H and O–H groups in total. The molecule has 2 atom stereocenters. The number of benzene rings is 1. The van der Waals surface area contributed by atoms with Crippen LogP contribution in [0.2, 0.25) is 0 Å². The van der Waals surface area contributed by atoms with E-state index in [2.05, 4.69) is 9.88 Å². The first kappa shape index (κ1) is 14.3. The van der Waals surface area contributed by atoms with Gasteiger partial charge in [0.1, 0.15) is 0 Å². The van der Waals surface area contributed by atoms with Gasteiger partial charge < -0.3 is 15.1 Å². The van der Waals surface area contributed by atoms with E-state index < -0.39 is 5.97 Å². The number of aliphatic hydroxyl groups excluding tert-OH is 1. The van der Waals surface area contributed by atoms with Crippen molar-refractivity contribution in [3.63, 3.8) is 0 Å². The van der Waals surface area contributed by atoms with Crippen molar-refractivity contribution in [1.29, 1.82) is 0 Å². The van der Waals surface area contributed by atoms with Crippen LogP contribution in [-0.4, -0.2) is 40.4 Å². The SMILES string of the molecule is C[C@@H]1CN(c2nc3ccc(CCC(=O)O)cc3s2)C[C@H]1O. The number of carboxylic acid groups (broad SMARTS) is 1. The number of aromatic nitrogens is 1. The fourth-order valence-electron chi connectivity index (χ4n) is 2.60. The first-order valence-corrected chi connectivity index (χ1v) is 7.89. The normalized spacial score (nSPS) is 22.1. The van der Waals surface area contributed by atoms with Crippen LogP contribution >= 0.6 is 11.3 Å². The molecule has 1 fully saturated rings. The number of thiazole rings is 1. The van der Waals surface area contributed by atoms with E-state index in [0.717, 1.165) is 27.5 Å². The molecule has 1 aliphatic heterocycles. The minimum atomic E-state index is -0.778. The number of anilines is 1. The Bertz CT molecular complexity index is 660. The Balaban J connectivity index is 1.81. The Labute approximate surface area is 126 Å². The molecule has 2 aromatic rings.